The normalized spacial score (nSPS) is 18.3. The van der Waals surface area contributed by atoms with E-state index in [9.17, 15) is 13.2 Å². The highest BCUT2D eigenvalue weighted by atomic mass is 32.2. The minimum Gasteiger partial charge on any atom is -0.354 e. The van der Waals surface area contributed by atoms with Crippen molar-refractivity contribution in [3.8, 4) is 0 Å². The van der Waals surface area contributed by atoms with Crippen molar-refractivity contribution in [3.63, 3.8) is 0 Å². The zero-order valence-electron chi connectivity index (χ0n) is 13.3. The summed E-state index contributed by atoms with van der Waals surface area (Å²) >= 11 is 1.73. The summed E-state index contributed by atoms with van der Waals surface area (Å²) in [7, 11) is -3.33. The standard InChI is InChI=1S/C16H25NO3S2/c1-13(2)22(19,20)11-15(18)17-12-16(8-4-3-5-9-16)14-7-6-10-21-14/h6-7,10,13H,3-5,8-9,11-12H2,1-2H3,(H,17,18). The summed E-state index contributed by atoms with van der Waals surface area (Å²) in [4.78, 5) is 13.3. The van der Waals surface area contributed by atoms with Crippen LogP contribution in [-0.2, 0) is 20.0 Å². The molecule has 1 fully saturated rings. The van der Waals surface area contributed by atoms with Gasteiger partial charge in [0.25, 0.3) is 0 Å². The Morgan fingerprint density at radius 1 is 1.32 bits per heavy atom. The molecule has 0 bridgehead atoms. The summed E-state index contributed by atoms with van der Waals surface area (Å²) in [5.74, 6) is -0.791. The molecular weight excluding hydrogens is 318 g/mol. The van der Waals surface area contributed by atoms with Crippen LogP contribution in [-0.4, -0.2) is 31.9 Å². The maximum Gasteiger partial charge on any atom is 0.235 e. The van der Waals surface area contributed by atoms with E-state index in [1.54, 1.807) is 25.2 Å². The molecule has 0 saturated heterocycles. The van der Waals surface area contributed by atoms with E-state index in [4.69, 9.17) is 0 Å². The number of hydrogen-bond donors (Lipinski definition) is 1. The van der Waals surface area contributed by atoms with Crippen LogP contribution < -0.4 is 5.32 Å². The molecule has 1 amide bonds. The summed E-state index contributed by atoms with van der Waals surface area (Å²) in [6.07, 6.45) is 5.69. The highest BCUT2D eigenvalue weighted by Gasteiger charge is 2.35. The van der Waals surface area contributed by atoms with Crippen molar-refractivity contribution in [3.05, 3.63) is 22.4 Å². The van der Waals surface area contributed by atoms with Crippen LogP contribution in [0.5, 0.6) is 0 Å². The largest absolute Gasteiger partial charge is 0.354 e. The van der Waals surface area contributed by atoms with Crippen LogP contribution >= 0.6 is 11.3 Å². The Labute approximate surface area is 137 Å². The first-order chi connectivity index (χ1) is 10.4. The Morgan fingerprint density at radius 2 is 2.00 bits per heavy atom. The fourth-order valence-corrected chi connectivity index (χ4v) is 4.78. The minimum absolute atomic E-state index is 0.0102. The highest BCUT2D eigenvalue weighted by molar-refractivity contribution is 7.92. The molecule has 4 nitrogen and oxygen atoms in total. The molecule has 0 aliphatic heterocycles. The molecule has 22 heavy (non-hydrogen) atoms. The molecule has 1 N–H and O–H groups in total. The zero-order chi connectivity index (χ0) is 16.2. The third-order valence-corrected chi connectivity index (χ3v) is 7.75. The van der Waals surface area contributed by atoms with Gasteiger partial charge in [-0.25, -0.2) is 8.42 Å². The van der Waals surface area contributed by atoms with E-state index >= 15 is 0 Å². The molecule has 0 aromatic carbocycles. The third kappa shape index (κ3) is 4.10. The van der Waals surface area contributed by atoms with E-state index in [1.165, 1.54) is 11.3 Å². The van der Waals surface area contributed by atoms with Crippen LogP contribution in [0, 0.1) is 0 Å². The van der Waals surface area contributed by atoms with E-state index in [1.807, 2.05) is 6.07 Å². The summed E-state index contributed by atoms with van der Waals surface area (Å²) < 4.78 is 23.7. The van der Waals surface area contributed by atoms with Crippen LogP contribution in [0.1, 0.15) is 50.8 Å². The van der Waals surface area contributed by atoms with Crippen molar-refractivity contribution in [1.82, 2.24) is 5.32 Å². The van der Waals surface area contributed by atoms with Gasteiger partial charge in [0, 0.05) is 16.8 Å². The molecule has 1 heterocycles. The second-order valence-electron chi connectivity index (χ2n) is 6.45. The molecule has 0 spiro atoms. The number of thiophene rings is 1. The average molecular weight is 344 g/mol. The number of rotatable bonds is 6. The SMILES string of the molecule is CC(C)S(=O)(=O)CC(=O)NCC1(c2cccs2)CCCCC1. The third-order valence-electron chi connectivity index (χ3n) is 4.53. The maximum absolute atomic E-state index is 12.0. The Hall–Kier alpha value is -0.880. The lowest BCUT2D eigenvalue weighted by Gasteiger charge is -2.36. The van der Waals surface area contributed by atoms with Crippen molar-refractivity contribution in [2.75, 3.05) is 12.3 Å². The van der Waals surface area contributed by atoms with Gasteiger partial charge in [0.1, 0.15) is 5.75 Å². The second-order valence-corrected chi connectivity index (χ2v) is 9.96. The average Bonchev–Trinajstić information content (AvgIpc) is 3.00. The second kappa shape index (κ2) is 7.13. The van der Waals surface area contributed by atoms with Crippen molar-refractivity contribution in [2.24, 2.45) is 0 Å². The van der Waals surface area contributed by atoms with Crippen LogP contribution in [0.25, 0.3) is 0 Å². The highest BCUT2D eigenvalue weighted by Crippen LogP contribution is 2.41. The van der Waals surface area contributed by atoms with Crippen molar-refractivity contribution in [2.45, 2.75) is 56.6 Å². The molecule has 2 rings (SSSR count). The lowest BCUT2D eigenvalue weighted by atomic mass is 9.73. The summed E-state index contributed by atoms with van der Waals surface area (Å²) in [5.41, 5.74) is -0.0102. The van der Waals surface area contributed by atoms with Gasteiger partial charge < -0.3 is 5.32 Å². The molecule has 1 aliphatic rings. The molecule has 1 saturated carbocycles. The fraction of sp³-hybridized carbons (Fsp3) is 0.688. The minimum atomic E-state index is -3.33. The van der Waals surface area contributed by atoms with Gasteiger partial charge in [0.2, 0.25) is 5.91 Å². The van der Waals surface area contributed by atoms with E-state index in [0.717, 1.165) is 25.7 Å². The first kappa shape index (κ1) is 17.5. The molecule has 0 atom stereocenters. The molecule has 1 aliphatic carbocycles. The number of carbonyl (C=O) groups excluding carboxylic acids is 1. The zero-order valence-corrected chi connectivity index (χ0v) is 14.9. The summed E-state index contributed by atoms with van der Waals surface area (Å²) in [5, 5.41) is 4.43. The Bertz CT molecular complexity index is 585. The number of carbonyl (C=O) groups is 1. The van der Waals surface area contributed by atoms with Gasteiger partial charge in [-0.2, -0.15) is 0 Å². The molecule has 0 unspecified atom stereocenters. The molecule has 6 heteroatoms. The van der Waals surface area contributed by atoms with Gasteiger partial charge in [0.15, 0.2) is 9.84 Å². The number of amides is 1. The Balaban J connectivity index is 2.02. The maximum atomic E-state index is 12.0. The van der Waals surface area contributed by atoms with Gasteiger partial charge in [-0.3, -0.25) is 4.79 Å². The topological polar surface area (TPSA) is 63.2 Å². The van der Waals surface area contributed by atoms with E-state index in [-0.39, 0.29) is 11.3 Å². The van der Waals surface area contributed by atoms with Gasteiger partial charge in [0.05, 0.1) is 5.25 Å². The van der Waals surface area contributed by atoms with E-state index in [2.05, 4.69) is 16.8 Å². The summed E-state index contributed by atoms with van der Waals surface area (Å²) in [6, 6.07) is 4.18. The Kier molecular flexibility index (Phi) is 5.66. The molecule has 1 aromatic rings. The van der Waals surface area contributed by atoms with Crippen LogP contribution in [0.15, 0.2) is 17.5 Å². The van der Waals surface area contributed by atoms with Crippen LogP contribution in [0.4, 0.5) is 0 Å². The van der Waals surface area contributed by atoms with Gasteiger partial charge in [-0.05, 0) is 38.1 Å². The lowest BCUT2D eigenvalue weighted by molar-refractivity contribution is -0.119. The number of nitrogens with one attached hydrogen (secondary N) is 1. The van der Waals surface area contributed by atoms with Crippen molar-refractivity contribution in [1.29, 1.82) is 0 Å². The molecule has 124 valence electrons. The molecular formula is C16H25NO3S2. The van der Waals surface area contributed by atoms with Gasteiger partial charge in [-0.1, -0.05) is 25.3 Å². The monoisotopic (exact) mass is 343 g/mol. The molecule has 1 aromatic heterocycles. The van der Waals surface area contributed by atoms with E-state index in [0.29, 0.717) is 6.54 Å². The predicted molar refractivity (Wildman–Crippen MR) is 91.0 cm³/mol. The quantitative estimate of drug-likeness (QED) is 0.864. The van der Waals surface area contributed by atoms with Gasteiger partial charge in [-0.15, -0.1) is 11.3 Å². The van der Waals surface area contributed by atoms with Gasteiger partial charge >= 0.3 is 0 Å². The predicted octanol–water partition coefficient (Wildman–Crippen LogP) is 2.89. The summed E-state index contributed by atoms with van der Waals surface area (Å²) in [6.45, 7) is 3.76. The van der Waals surface area contributed by atoms with Crippen molar-refractivity contribution >= 4 is 27.1 Å². The molecule has 0 radical (unpaired) electrons. The van der Waals surface area contributed by atoms with E-state index < -0.39 is 20.8 Å². The smallest absolute Gasteiger partial charge is 0.235 e. The fourth-order valence-electron chi connectivity index (χ4n) is 2.99. The lowest BCUT2D eigenvalue weighted by Crippen LogP contribution is -2.44. The number of hydrogen-bond acceptors (Lipinski definition) is 4. The first-order valence-corrected chi connectivity index (χ1v) is 10.5. The van der Waals surface area contributed by atoms with Crippen LogP contribution in [0.2, 0.25) is 0 Å². The van der Waals surface area contributed by atoms with Crippen LogP contribution in [0.3, 0.4) is 0 Å². The number of sulfone groups is 1. The van der Waals surface area contributed by atoms with Crippen molar-refractivity contribution < 1.29 is 13.2 Å². The Morgan fingerprint density at radius 3 is 2.55 bits per heavy atom. The first-order valence-electron chi connectivity index (χ1n) is 7.88.